The van der Waals surface area contributed by atoms with Crippen molar-refractivity contribution in [2.45, 2.75) is 65.3 Å². The Kier molecular flexibility index (Phi) is 8.67. The maximum absolute atomic E-state index is 5.84. The van der Waals surface area contributed by atoms with Gasteiger partial charge in [-0.05, 0) is 58.0 Å². The summed E-state index contributed by atoms with van der Waals surface area (Å²) in [6.07, 6.45) is 7.65. The topological polar surface area (TPSA) is 53.6 Å². The molecular weight excluding hydrogens is 248 g/mol. The number of guanidine groups is 1. The van der Waals surface area contributed by atoms with E-state index in [9.17, 15) is 0 Å². The molecule has 0 radical (unpaired) electrons. The molecule has 1 heterocycles. The number of rotatable bonds is 8. The molecule has 20 heavy (non-hydrogen) atoms. The lowest BCUT2D eigenvalue weighted by Crippen LogP contribution is -2.38. The monoisotopic (exact) mass is 282 g/mol. The van der Waals surface area contributed by atoms with Crippen molar-refractivity contribution < 1.29 is 0 Å². The fourth-order valence-electron chi connectivity index (χ4n) is 2.66. The van der Waals surface area contributed by atoms with Crippen LogP contribution in [0.25, 0.3) is 0 Å². The highest BCUT2D eigenvalue weighted by molar-refractivity contribution is 5.77. The predicted molar refractivity (Wildman–Crippen MR) is 88.1 cm³/mol. The second-order valence-corrected chi connectivity index (χ2v) is 6.46. The smallest absolute Gasteiger partial charge is 0.188 e. The second-order valence-electron chi connectivity index (χ2n) is 6.46. The molecule has 118 valence electrons. The molecule has 1 aliphatic heterocycles. The van der Waals surface area contributed by atoms with Gasteiger partial charge >= 0.3 is 0 Å². The zero-order valence-corrected chi connectivity index (χ0v) is 13.7. The van der Waals surface area contributed by atoms with E-state index >= 15 is 0 Å². The molecule has 3 N–H and O–H groups in total. The van der Waals surface area contributed by atoms with E-state index < -0.39 is 0 Å². The van der Waals surface area contributed by atoms with Gasteiger partial charge < -0.3 is 16.0 Å². The Morgan fingerprint density at radius 2 is 2.15 bits per heavy atom. The number of likely N-dealkylation sites (tertiary alicyclic amines) is 1. The van der Waals surface area contributed by atoms with E-state index in [1.165, 1.54) is 38.8 Å². The van der Waals surface area contributed by atoms with Gasteiger partial charge in [-0.1, -0.05) is 20.3 Å². The molecule has 1 rings (SSSR count). The average Bonchev–Trinajstić information content (AvgIpc) is 2.40. The number of hydrogen-bond donors (Lipinski definition) is 2. The van der Waals surface area contributed by atoms with Crippen LogP contribution in [0.4, 0.5) is 0 Å². The van der Waals surface area contributed by atoms with Gasteiger partial charge in [-0.3, -0.25) is 4.99 Å². The highest BCUT2D eigenvalue weighted by atomic mass is 15.2. The normalized spacial score (nSPS) is 21.4. The van der Waals surface area contributed by atoms with Crippen molar-refractivity contribution in [1.82, 2.24) is 10.2 Å². The summed E-state index contributed by atoms with van der Waals surface area (Å²) in [6, 6.07) is 0.773. The molecular formula is C16H34N4. The van der Waals surface area contributed by atoms with Gasteiger partial charge in [0.2, 0.25) is 0 Å². The summed E-state index contributed by atoms with van der Waals surface area (Å²) in [6.45, 7) is 11.1. The van der Waals surface area contributed by atoms with Crippen LogP contribution in [0.5, 0.6) is 0 Å². The highest BCUT2D eigenvalue weighted by Gasteiger charge is 2.16. The quantitative estimate of drug-likeness (QED) is 0.409. The number of unbranched alkanes of at least 4 members (excludes halogenated alkanes) is 1. The summed E-state index contributed by atoms with van der Waals surface area (Å²) in [7, 11) is 0. The fraction of sp³-hybridized carbons (Fsp3) is 0.938. The van der Waals surface area contributed by atoms with E-state index in [1.807, 2.05) is 0 Å². The Balaban J connectivity index is 2.02. The van der Waals surface area contributed by atoms with Crippen molar-refractivity contribution in [3.8, 4) is 0 Å². The van der Waals surface area contributed by atoms with Crippen LogP contribution in [0.3, 0.4) is 0 Å². The number of nitrogens with zero attached hydrogens (tertiary/aromatic N) is 2. The molecule has 1 atom stereocenters. The van der Waals surface area contributed by atoms with Crippen molar-refractivity contribution in [3.05, 3.63) is 0 Å². The molecule has 4 heteroatoms. The largest absolute Gasteiger partial charge is 0.370 e. The lowest BCUT2D eigenvalue weighted by atomic mass is 10.0. The summed E-state index contributed by atoms with van der Waals surface area (Å²) in [5.41, 5.74) is 5.84. The van der Waals surface area contributed by atoms with E-state index in [2.05, 4.69) is 36.0 Å². The maximum atomic E-state index is 5.84. The Morgan fingerprint density at radius 3 is 2.85 bits per heavy atom. The van der Waals surface area contributed by atoms with Gasteiger partial charge in [0, 0.05) is 19.1 Å². The summed E-state index contributed by atoms with van der Waals surface area (Å²) in [5, 5.41) is 3.18. The third kappa shape index (κ3) is 7.73. The molecule has 4 nitrogen and oxygen atoms in total. The van der Waals surface area contributed by atoms with Gasteiger partial charge in [-0.25, -0.2) is 0 Å². The molecule has 0 aromatic rings. The van der Waals surface area contributed by atoms with Gasteiger partial charge in [0.15, 0.2) is 5.96 Å². The summed E-state index contributed by atoms with van der Waals surface area (Å²) >= 11 is 0. The number of hydrogen-bond acceptors (Lipinski definition) is 2. The van der Waals surface area contributed by atoms with Gasteiger partial charge in [0.05, 0.1) is 0 Å². The molecule has 0 aromatic carbocycles. The van der Waals surface area contributed by atoms with Crippen molar-refractivity contribution >= 4 is 5.96 Å². The first-order valence-electron chi connectivity index (χ1n) is 8.37. The first-order chi connectivity index (χ1) is 9.59. The molecule has 0 saturated carbocycles. The molecule has 1 fully saturated rings. The Bertz CT molecular complexity index is 276. The molecule has 1 unspecified atom stereocenters. The molecule has 1 saturated heterocycles. The molecule has 0 aliphatic carbocycles. The summed E-state index contributed by atoms with van der Waals surface area (Å²) in [5.74, 6) is 1.32. The van der Waals surface area contributed by atoms with Gasteiger partial charge in [-0.2, -0.15) is 0 Å². The lowest BCUT2D eigenvalue weighted by Gasteiger charge is -2.33. The minimum absolute atomic E-state index is 0.608. The van der Waals surface area contributed by atoms with Crippen molar-refractivity contribution in [3.63, 3.8) is 0 Å². The third-order valence-electron chi connectivity index (χ3n) is 4.10. The Hall–Kier alpha value is -0.770. The van der Waals surface area contributed by atoms with Crippen LogP contribution < -0.4 is 11.1 Å². The SMILES string of the molecule is CC(C)CCNC(N)=NCCCCN1CCCCC1C. The first-order valence-corrected chi connectivity index (χ1v) is 8.37. The van der Waals surface area contributed by atoms with Crippen LogP contribution >= 0.6 is 0 Å². The number of nitrogens with two attached hydrogens (primary N) is 1. The lowest BCUT2D eigenvalue weighted by molar-refractivity contribution is 0.158. The minimum Gasteiger partial charge on any atom is -0.370 e. The zero-order chi connectivity index (χ0) is 14.8. The minimum atomic E-state index is 0.608. The Morgan fingerprint density at radius 1 is 1.35 bits per heavy atom. The third-order valence-corrected chi connectivity index (χ3v) is 4.10. The predicted octanol–water partition coefficient (Wildman–Crippen LogP) is 2.59. The van der Waals surface area contributed by atoms with E-state index in [0.717, 1.165) is 32.0 Å². The first kappa shape index (κ1) is 17.3. The highest BCUT2D eigenvalue weighted by Crippen LogP contribution is 2.16. The van der Waals surface area contributed by atoms with Gasteiger partial charge in [0.25, 0.3) is 0 Å². The molecule has 0 aromatic heterocycles. The average molecular weight is 282 g/mol. The summed E-state index contributed by atoms with van der Waals surface area (Å²) < 4.78 is 0. The standard InChI is InChI=1S/C16H34N4/c1-14(2)9-11-19-16(17)18-10-5-7-13-20-12-6-4-8-15(20)3/h14-15H,4-13H2,1-3H3,(H3,17,18,19). The van der Waals surface area contributed by atoms with E-state index in [1.54, 1.807) is 0 Å². The second kappa shape index (κ2) is 10.0. The summed E-state index contributed by atoms with van der Waals surface area (Å²) in [4.78, 5) is 7.01. The number of nitrogens with one attached hydrogen (secondary N) is 1. The zero-order valence-electron chi connectivity index (χ0n) is 13.7. The molecule has 0 bridgehead atoms. The van der Waals surface area contributed by atoms with Crippen molar-refractivity contribution in [2.24, 2.45) is 16.6 Å². The van der Waals surface area contributed by atoms with Crippen molar-refractivity contribution in [1.29, 1.82) is 0 Å². The van der Waals surface area contributed by atoms with Gasteiger partial charge in [0.1, 0.15) is 0 Å². The molecule has 0 spiro atoms. The van der Waals surface area contributed by atoms with E-state index in [0.29, 0.717) is 11.9 Å². The van der Waals surface area contributed by atoms with Crippen LogP contribution in [-0.2, 0) is 0 Å². The van der Waals surface area contributed by atoms with Crippen molar-refractivity contribution in [2.75, 3.05) is 26.2 Å². The number of aliphatic imine (C=N–C) groups is 1. The van der Waals surface area contributed by atoms with Crippen LogP contribution in [-0.4, -0.2) is 43.1 Å². The maximum Gasteiger partial charge on any atom is 0.188 e. The van der Waals surface area contributed by atoms with E-state index in [4.69, 9.17) is 5.73 Å². The molecule has 0 amide bonds. The van der Waals surface area contributed by atoms with Crippen LogP contribution in [0.15, 0.2) is 4.99 Å². The van der Waals surface area contributed by atoms with E-state index in [-0.39, 0.29) is 0 Å². The van der Waals surface area contributed by atoms with Crippen LogP contribution in [0, 0.1) is 5.92 Å². The molecule has 1 aliphatic rings. The van der Waals surface area contributed by atoms with Crippen LogP contribution in [0.2, 0.25) is 0 Å². The van der Waals surface area contributed by atoms with Gasteiger partial charge in [-0.15, -0.1) is 0 Å². The Labute approximate surface area is 125 Å². The number of piperidine rings is 1. The van der Waals surface area contributed by atoms with Crippen LogP contribution in [0.1, 0.15) is 59.3 Å². The fourth-order valence-corrected chi connectivity index (χ4v) is 2.66.